The molecule has 0 aliphatic carbocycles. The van der Waals surface area contributed by atoms with Crippen molar-refractivity contribution in [1.82, 2.24) is 0 Å². The van der Waals surface area contributed by atoms with Gasteiger partial charge in [-0.05, 0) is 42.5 Å². The largest absolute Gasteiger partial charge is 0.497 e. The Kier molecular flexibility index (Phi) is 9.58. The number of anilines is 2. The van der Waals surface area contributed by atoms with Crippen LogP contribution in [0.5, 0.6) is 23.0 Å². The lowest BCUT2D eigenvalue weighted by Gasteiger charge is -2.11. The molecule has 3 aromatic rings. The molecule has 0 aliphatic heterocycles. The van der Waals surface area contributed by atoms with Crippen LogP contribution in [0.3, 0.4) is 0 Å². The molecular formula is C26H25N3O9. The number of esters is 1. The lowest BCUT2D eigenvalue weighted by molar-refractivity contribution is -0.383. The van der Waals surface area contributed by atoms with Gasteiger partial charge in [0.2, 0.25) is 5.91 Å². The number of benzene rings is 3. The summed E-state index contributed by atoms with van der Waals surface area (Å²) in [6.45, 7) is -0.678. The number of hydrogen-bond acceptors (Lipinski definition) is 9. The highest BCUT2D eigenvalue weighted by Gasteiger charge is 2.18. The van der Waals surface area contributed by atoms with Crippen molar-refractivity contribution in [1.29, 1.82) is 0 Å². The number of nitro benzene ring substituents is 1. The summed E-state index contributed by atoms with van der Waals surface area (Å²) in [4.78, 5) is 46.7. The fourth-order valence-corrected chi connectivity index (χ4v) is 3.18. The van der Waals surface area contributed by atoms with E-state index in [0.717, 1.165) is 0 Å². The first-order valence-corrected chi connectivity index (χ1v) is 11.3. The Morgan fingerprint density at radius 3 is 2.16 bits per heavy atom. The van der Waals surface area contributed by atoms with E-state index in [9.17, 15) is 24.5 Å². The number of nitro groups is 1. The van der Waals surface area contributed by atoms with E-state index in [1.807, 2.05) is 12.1 Å². The van der Waals surface area contributed by atoms with Gasteiger partial charge in [0.1, 0.15) is 17.2 Å². The summed E-state index contributed by atoms with van der Waals surface area (Å²) >= 11 is 0. The van der Waals surface area contributed by atoms with Crippen molar-refractivity contribution < 1.29 is 38.3 Å². The second-order valence-electron chi connectivity index (χ2n) is 7.67. The van der Waals surface area contributed by atoms with E-state index in [4.69, 9.17) is 18.9 Å². The maximum Gasteiger partial charge on any atom is 0.306 e. The molecule has 0 radical (unpaired) electrons. The van der Waals surface area contributed by atoms with Gasteiger partial charge in [-0.3, -0.25) is 24.5 Å². The maximum absolute atomic E-state index is 12.2. The molecule has 0 aromatic heterocycles. The Balaban J connectivity index is 1.42. The molecule has 0 saturated heterocycles. The first kappa shape index (κ1) is 27.5. The molecular weight excluding hydrogens is 498 g/mol. The van der Waals surface area contributed by atoms with Gasteiger partial charge >= 0.3 is 5.97 Å². The van der Waals surface area contributed by atoms with Gasteiger partial charge in [-0.15, -0.1) is 0 Å². The van der Waals surface area contributed by atoms with Crippen molar-refractivity contribution in [3.8, 4) is 23.0 Å². The molecule has 0 bridgehead atoms. The molecule has 38 heavy (non-hydrogen) atoms. The van der Waals surface area contributed by atoms with E-state index >= 15 is 0 Å². The Morgan fingerprint density at radius 2 is 1.50 bits per heavy atom. The number of nitrogens with zero attached hydrogens (tertiary/aromatic N) is 1. The summed E-state index contributed by atoms with van der Waals surface area (Å²) in [5.41, 5.74) is 0.0469. The summed E-state index contributed by atoms with van der Waals surface area (Å²) < 4.78 is 20.9. The average Bonchev–Trinajstić information content (AvgIpc) is 2.92. The van der Waals surface area contributed by atoms with Gasteiger partial charge in [0.25, 0.3) is 11.6 Å². The van der Waals surface area contributed by atoms with E-state index in [-0.39, 0.29) is 24.2 Å². The van der Waals surface area contributed by atoms with Gasteiger partial charge in [-0.25, -0.2) is 0 Å². The van der Waals surface area contributed by atoms with Crippen LogP contribution in [-0.4, -0.2) is 43.5 Å². The summed E-state index contributed by atoms with van der Waals surface area (Å²) in [5, 5.41) is 16.1. The molecule has 0 saturated carbocycles. The molecule has 0 atom stereocenters. The van der Waals surface area contributed by atoms with Gasteiger partial charge in [0.05, 0.1) is 25.6 Å². The molecule has 12 heteroatoms. The van der Waals surface area contributed by atoms with Gasteiger partial charge in [-0.1, -0.05) is 12.1 Å². The topological polar surface area (TPSA) is 155 Å². The minimum absolute atomic E-state index is 0.103. The monoisotopic (exact) mass is 523 g/mol. The maximum atomic E-state index is 12.2. The zero-order chi connectivity index (χ0) is 27.5. The third-order valence-corrected chi connectivity index (χ3v) is 5.03. The van der Waals surface area contributed by atoms with E-state index in [2.05, 4.69) is 10.6 Å². The van der Waals surface area contributed by atoms with Crippen molar-refractivity contribution in [3.05, 3.63) is 76.8 Å². The molecule has 0 heterocycles. The summed E-state index contributed by atoms with van der Waals surface area (Å²) in [6, 6.07) is 17.6. The van der Waals surface area contributed by atoms with E-state index < -0.39 is 29.3 Å². The van der Waals surface area contributed by atoms with Crippen LogP contribution in [0, 0.1) is 10.1 Å². The minimum atomic E-state index is -0.783. The molecule has 0 spiro atoms. The van der Waals surface area contributed by atoms with Crippen molar-refractivity contribution >= 4 is 34.8 Å². The van der Waals surface area contributed by atoms with Crippen LogP contribution in [-0.2, 0) is 19.1 Å². The number of hydrogen-bond donors (Lipinski definition) is 2. The molecule has 198 valence electrons. The fraction of sp³-hybridized carbons (Fsp3) is 0.192. The minimum Gasteiger partial charge on any atom is -0.497 e. The van der Waals surface area contributed by atoms with Crippen LogP contribution in [0.1, 0.15) is 12.8 Å². The highest BCUT2D eigenvalue weighted by molar-refractivity contribution is 5.96. The normalized spacial score (nSPS) is 10.2. The molecule has 12 nitrogen and oxygen atoms in total. The summed E-state index contributed by atoms with van der Waals surface area (Å²) in [5.74, 6) is -0.0416. The Hall–Kier alpha value is -5.13. The number of carbonyl (C=O) groups excluding carboxylic acids is 3. The molecule has 3 aromatic carbocycles. The zero-order valence-corrected chi connectivity index (χ0v) is 20.6. The quantitative estimate of drug-likeness (QED) is 0.201. The molecule has 3 rings (SSSR count). The second-order valence-corrected chi connectivity index (χ2v) is 7.67. The van der Waals surface area contributed by atoms with Crippen molar-refractivity contribution in [2.45, 2.75) is 12.8 Å². The third-order valence-electron chi connectivity index (χ3n) is 5.03. The first-order chi connectivity index (χ1) is 18.3. The number of rotatable bonds is 12. The third kappa shape index (κ3) is 7.95. The number of methoxy groups -OCH3 is 2. The Morgan fingerprint density at radius 1 is 0.816 bits per heavy atom. The number of amides is 2. The molecule has 0 aliphatic rings. The number of carbonyl (C=O) groups is 3. The van der Waals surface area contributed by atoms with Gasteiger partial charge < -0.3 is 29.6 Å². The predicted octanol–water partition coefficient (Wildman–Crippen LogP) is 4.30. The Labute approximate surface area is 217 Å². The number of nitrogens with one attached hydrogen (secondary N) is 2. The van der Waals surface area contributed by atoms with Crippen molar-refractivity contribution in [2.24, 2.45) is 0 Å². The SMILES string of the molecule is COc1ccc([N+](=O)[O-])c(NC(=O)COC(=O)CCC(=O)Nc2ccc(Oc3ccccc3OC)cc2)c1. The highest BCUT2D eigenvalue weighted by atomic mass is 16.6. The molecule has 0 fully saturated rings. The van der Waals surface area contributed by atoms with Gasteiger partial charge in [-0.2, -0.15) is 0 Å². The molecule has 0 unspecified atom stereocenters. The second kappa shape index (κ2) is 13.3. The highest BCUT2D eigenvalue weighted by Crippen LogP contribution is 2.31. The van der Waals surface area contributed by atoms with E-state index in [0.29, 0.717) is 28.7 Å². The van der Waals surface area contributed by atoms with Crippen LogP contribution in [0.4, 0.5) is 17.1 Å². The zero-order valence-electron chi connectivity index (χ0n) is 20.6. The van der Waals surface area contributed by atoms with Crippen LogP contribution in [0.2, 0.25) is 0 Å². The van der Waals surface area contributed by atoms with E-state index in [1.165, 1.54) is 25.3 Å². The van der Waals surface area contributed by atoms with Crippen LogP contribution >= 0.6 is 0 Å². The number of ether oxygens (including phenoxy) is 4. The average molecular weight is 523 g/mol. The van der Waals surface area contributed by atoms with Gasteiger partial charge in [0, 0.05) is 24.2 Å². The standard InChI is InChI=1S/C26H25N3O9/c1-35-19-11-12-21(29(33)34)20(15-19)28-25(31)16-37-26(32)14-13-24(30)27-17-7-9-18(10-8-17)38-23-6-4-3-5-22(23)36-2/h3-12,15H,13-14,16H2,1-2H3,(H,27,30)(H,28,31). The Bertz CT molecular complexity index is 1310. The summed E-state index contributed by atoms with van der Waals surface area (Å²) in [7, 11) is 2.92. The van der Waals surface area contributed by atoms with Crippen molar-refractivity contribution in [2.75, 3.05) is 31.5 Å². The lowest BCUT2D eigenvalue weighted by Crippen LogP contribution is -2.22. The van der Waals surface area contributed by atoms with Gasteiger partial charge in [0.15, 0.2) is 18.1 Å². The van der Waals surface area contributed by atoms with Crippen LogP contribution in [0.25, 0.3) is 0 Å². The van der Waals surface area contributed by atoms with E-state index in [1.54, 1.807) is 43.5 Å². The number of para-hydroxylation sites is 2. The first-order valence-electron chi connectivity index (χ1n) is 11.3. The van der Waals surface area contributed by atoms with Crippen LogP contribution < -0.4 is 24.8 Å². The lowest BCUT2D eigenvalue weighted by atomic mass is 10.2. The van der Waals surface area contributed by atoms with Crippen molar-refractivity contribution in [3.63, 3.8) is 0 Å². The fourth-order valence-electron chi connectivity index (χ4n) is 3.18. The predicted molar refractivity (Wildman–Crippen MR) is 137 cm³/mol. The molecule has 2 amide bonds. The summed E-state index contributed by atoms with van der Waals surface area (Å²) in [6.07, 6.45) is -0.450. The van der Waals surface area contributed by atoms with Crippen LogP contribution in [0.15, 0.2) is 66.7 Å². The molecule has 2 N–H and O–H groups in total. The smallest absolute Gasteiger partial charge is 0.306 e.